The molecule has 0 N–H and O–H groups in total. The van der Waals surface area contributed by atoms with Crippen LogP contribution < -0.4 is 0 Å². The first-order chi connectivity index (χ1) is 4.30. The summed E-state index contributed by atoms with van der Waals surface area (Å²) in [6, 6.07) is 1.57. The second-order valence-electron chi connectivity index (χ2n) is 2.81. The monoisotopic (exact) mass is 141 g/mol. The molecule has 9 heavy (non-hydrogen) atoms. The molecule has 3 aliphatic heterocycles. The van der Waals surface area contributed by atoms with Crippen molar-refractivity contribution in [3.63, 3.8) is 0 Å². The van der Waals surface area contributed by atoms with Crippen molar-refractivity contribution in [2.75, 3.05) is 0 Å². The van der Waals surface area contributed by atoms with E-state index >= 15 is 0 Å². The van der Waals surface area contributed by atoms with Crippen LogP contribution in [-0.4, -0.2) is 22.2 Å². The highest BCUT2D eigenvalue weighted by atomic mass is 32.2. The van der Waals surface area contributed by atoms with Gasteiger partial charge in [-0.3, -0.25) is 0 Å². The van der Waals surface area contributed by atoms with E-state index in [1.165, 1.54) is 0 Å². The van der Waals surface area contributed by atoms with Crippen molar-refractivity contribution in [3.8, 4) is 0 Å². The van der Waals surface area contributed by atoms with E-state index in [0.29, 0.717) is 0 Å². The first-order valence-electron chi connectivity index (χ1n) is 3.40. The largest absolute Gasteiger partial charge is 0.369 e. The third-order valence-corrected chi connectivity index (χ3v) is 3.74. The number of fused-ring (bicyclic) bond motifs is 1. The van der Waals surface area contributed by atoms with Gasteiger partial charge in [0.15, 0.2) is 0 Å². The standard InChI is InChI=1S/C7H11NS/c1-5-7-6(2)8(5)3-4-9-7/h3-7H,1-2H3/t5-,6?,7?/m1/s1. The molecule has 0 amide bonds. The fourth-order valence-electron chi connectivity index (χ4n) is 1.71. The van der Waals surface area contributed by atoms with Gasteiger partial charge in [-0.05, 0) is 19.3 Å². The summed E-state index contributed by atoms with van der Waals surface area (Å²) in [7, 11) is 0. The van der Waals surface area contributed by atoms with Gasteiger partial charge in [0.2, 0.25) is 0 Å². The summed E-state index contributed by atoms with van der Waals surface area (Å²) in [5, 5.41) is 3.07. The third kappa shape index (κ3) is 0.571. The van der Waals surface area contributed by atoms with Crippen molar-refractivity contribution in [2.24, 2.45) is 0 Å². The minimum atomic E-state index is 0.787. The lowest BCUT2D eigenvalue weighted by Crippen LogP contribution is -2.62. The smallest absolute Gasteiger partial charge is 0.0491 e. The maximum Gasteiger partial charge on any atom is 0.0491 e. The van der Waals surface area contributed by atoms with Crippen molar-refractivity contribution in [2.45, 2.75) is 31.2 Å². The molecule has 1 saturated heterocycles. The lowest BCUT2D eigenvalue weighted by molar-refractivity contribution is 0.104. The lowest BCUT2D eigenvalue weighted by atomic mass is 9.96. The van der Waals surface area contributed by atoms with E-state index in [-0.39, 0.29) is 0 Å². The quantitative estimate of drug-likeness (QED) is 0.505. The molecule has 50 valence electrons. The maximum absolute atomic E-state index is 2.42. The van der Waals surface area contributed by atoms with Crippen molar-refractivity contribution >= 4 is 11.8 Å². The Hall–Kier alpha value is -0.110. The number of thioether (sulfide) groups is 1. The highest BCUT2D eigenvalue weighted by Gasteiger charge is 2.42. The summed E-state index contributed by atoms with van der Waals surface area (Å²) in [5.74, 6) is 0. The van der Waals surface area contributed by atoms with Gasteiger partial charge in [-0.25, -0.2) is 0 Å². The Balaban J connectivity index is 2.21. The highest BCUT2D eigenvalue weighted by Crippen LogP contribution is 2.40. The van der Waals surface area contributed by atoms with E-state index in [0.717, 1.165) is 17.3 Å². The third-order valence-electron chi connectivity index (χ3n) is 2.36. The van der Waals surface area contributed by atoms with Gasteiger partial charge in [-0.2, -0.15) is 0 Å². The maximum atomic E-state index is 2.42. The van der Waals surface area contributed by atoms with Crippen LogP contribution in [0, 0.1) is 0 Å². The van der Waals surface area contributed by atoms with Crippen LogP contribution in [-0.2, 0) is 0 Å². The number of hydrogen-bond acceptors (Lipinski definition) is 2. The van der Waals surface area contributed by atoms with E-state index in [1.54, 1.807) is 0 Å². The average molecular weight is 141 g/mol. The average Bonchev–Trinajstić information content (AvgIpc) is 1.91. The Labute approximate surface area is 60.1 Å². The Morgan fingerprint density at radius 2 is 2.00 bits per heavy atom. The molecule has 0 aliphatic carbocycles. The molecule has 0 aromatic rings. The molecule has 3 aliphatic rings. The highest BCUT2D eigenvalue weighted by molar-refractivity contribution is 8.03. The number of hydrogen-bond donors (Lipinski definition) is 0. The molecule has 2 unspecified atom stereocenters. The van der Waals surface area contributed by atoms with Crippen LogP contribution in [0.3, 0.4) is 0 Å². The molecule has 2 heteroatoms. The molecule has 0 aromatic carbocycles. The van der Waals surface area contributed by atoms with Gasteiger partial charge in [0, 0.05) is 23.5 Å². The van der Waals surface area contributed by atoms with Crippen LogP contribution in [0.15, 0.2) is 11.6 Å². The van der Waals surface area contributed by atoms with Gasteiger partial charge in [0.1, 0.15) is 0 Å². The van der Waals surface area contributed by atoms with Crippen LogP contribution >= 0.6 is 11.8 Å². The number of rotatable bonds is 0. The van der Waals surface area contributed by atoms with Crippen LogP contribution in [0.4, 0.5) is 0 Å². The van der Waals surface area contributed by atoms with Gasteiger partial charge >= 0.3 is 0 Å². The predicted octanol–water partition coefficient (Wildman–Crippen LogP) is 1.67. The fraction of sp³-hybridized carbons (Fsp3) is 0.714. The normalized spacial score (nSPS) is 46.9. The SMILES string of the molecule is CC1C2SC=CN1[C@@H]2C. The van der Waals surface area contributed by atoms with E-state index in [4.69, 9.17) is 0 Å². The summed E-state index contributed by atoms with van der Waals surface area (Å²) in [6.45, 7) is 4.59. The summed E-state index contributed by atoms with van der Waals surface area (Å²) in [5.41, 5.74) is 0. The van der Waals surface area contributed by atoms with E-state index in [1.807, 2.05) is 11.8 Å². The molecule has 0 radical (unpaired) electrons. The molecular formula is C7H11NS. The fourth-order valence-corrected chi connectivity index (χ4v) is 2.84. The summed E-state index contributed by atoms with van der Waals surface area (Å²) in [6.07, 6.45) is 2.21. The van der Waals surface area contributed by atoms with Gasteiger partial charge in [-0.15, -0.1) is 11.8 Å². The molecule has 3 rings (SSSR count). The van der Waals surface area contributed by atoms with E-state index in [2.05, 4.69) is 30.4 Å². The van der Waals surface area contributed by atoms with E-state index < -0.39 is 0 Å². The Kier molecular flexibility index (Phi) is 1.06. The Morgan fingerprint density at radius 3 is 2.22 bits per heavy atom. The molecule has 2 bridgehead atoms. The summed E-state index contributed by atoms with van der Waals surface area (Å²) < 4.78 is 0. The zero-order valence-corrected chi connectivity index (χ0v) is 6.56. The van der Waals surface area contributed by atoms with Crippen LogP contribution in [0.2, 0.25) is 0 Å². The zero-order chi connectivity index (χ0) is 6.43. The topological polar surface area (TPSA) is 3.24 Å². The molecule has 0 aromatic heterocycles. The number of nitrogens with zero attached hydrogens (tertiary/aromatic N) is 1. The van der Waals surface area contributed by atoms with Crippen molar-refractivity contribution in [3.05, 3.63) is 11.6 Å². The van der Waals surface area contributed by atoms with Gasteiger partial charge < -0.3 is 4.90 Å². The zero-order valence-electron chi connectivity index (χ0n) is 5.74. The first-order valence-corrected chi connectivity index (χ1v) is 4.34. The van der Waals surface area contributed by atoms with Crippen molar-refractivity contribution in [1.82, 2.24) is 4.90 Å². The predicted molar refractivity (Wildman–Crippen MR) is 41.3 cm³/mol. The van der Waals surface area contributed by atoms with Gasteiger partial charge in [-0.1, -0.05) is 0 Å². The van der Waals surface area contributed by atoms with Gasteiger partial charge in [0.05, 0.1) is 0 Å². The van der Waals surface area contributed by atoms with Crippen molar-refractivity contribution in [1.29, 1.82) is 0 Å². The van der Waals surface area contributed by atoms with Crippen molar-refractivity contribution < 1.29 is 0 Å². The molecule has 1 fully saturated rings. The summed E-state index contributed by atoms with van der Waals surface area (Å²) in [4.78, 5) is 2.42. The van der Waals surface area contributed by atoms with E-state index in [9.17, 15) is 0 Å². The molecule has 0 saturated carbocycles. The molecule has 3 atom stereocenters. The Bertz CT molecular complexity index is 145. The molecular weight excluding hydrogens is 130 g/mol. The van der Waals surface area contributed by atoms with Crippen LogP contribution in [0.5, 0.6) is 0 Å². The second kappa shape index (κ2) is 1.69. The summed E-state index contributed by atoms with van der Waals surface area (Å²) >= 11 is 1.98. The minimum Gasteiger partial charge on any atom is -0.369 e. The second-order valence-corrected chi connectivity index (χ2v) is 3.90. The Morgan fingerprint density at radius 1 is 1.33 bits per heavy atom. The first kappa shape index (κ1) is 5.66. The molecule has 3 heterocycles. The van der Waals surface area contributed by atoms with Gasteiger partial charge in [0.25, 0.3) is 0 Å². The van der Waals surface area contributed by atoms with Crippen LogP contribution in [0.25, 0.3) is 0 Å². The molecule has 0 spiro atoms. The lowest BCUT2D eigenvalue weighted by Gasteiger charge is -2.54. The van der Waals surface area contributed by atoms with Crippen LogP contribution in [0.1, 0.15) is 13.8 Å². The molecule has 1 nitrogen and oxygen atoms in total. The minimum absolute atomic E-state index is 0.787.